The van der Waals surface area contributed by atoms with E-state index in [9.17, 15) is 10.0 Å². The molecule has 0 bridgehead atoms. The number of hydrogen-bond donors (Lipinski definition) is 1. The molecule has 0 aliphatic carbocycles. The number of nitrogens with two attached hydrogens (primary N) is 1. The Bertz CT molecular complexity index is 276. The molecule has 2 N–H and O–H groups in total. The van der Waals surface area contributed by atoms with Crippen molar-refractivity contribution < 1.29 is 9.52 Å². The van der Waals surface area contributed by atoms with Gasteiger partial charge in [-0.1, -0.05) is 0 Å². The molecule has 0 unspecified atom stereocenters. The summed E-state index contributed by atoms with van der Waals surface area (Å²) in [6.07, 6.45) is 1.24. The quantitative estimate of drug-likeness (QED) is 0.444. The van der Waals surface area contributed by atoms with Crippen molar-refractivity contribution in [3.8, 4) is 0 Å². The van der Waals surface area contributed by atoms with E-state index < -0.39 is 5.91 Å². The van der Waals surface area contributed by atoms with Crippen molar-refractivity contribution >= 4 is 5.91 Å². The number of hydrogen-bond acceptors (Lipinski definition) is 2. The summed E-state index contributed by atoms with van der Waals surface area (Å²) < 4.78 is 0.470. The van der Waals surface area contributed by atoms with Gasteiger partial charge in [-0.25, -0.2) is 0 Å². The number of aryl methyl sites for hydroxylation is 1. The molecule has 0 radical (unpaired) electrons. The Labute approximate surface area is 63.8 Å². The average molecular weight is 152 g/mol. The lowest BCUT2D eigenvalue weighted by molar-refractivity contribution is -0.608. The lowest BCUT2D eigenvalue weighted by Gasteiger charge is -2.01. The molecule has 0 saturated heterocycles. The molecular formula is C7H8N2O2. The smallest absolute Gasteiger partial charge is 0.315 e. The highest BCUT2D eigenvalue weighted by atomic mass is 16.5. The number of amides is 1. The lowest BCUT2D eigenvalue weighted by Crippen LogP contribution is -2.37. The fourth-order valence-corrected chi connectivity index (χ4v) is 0.896. The molecule has 1 aromatic rings. The second-order valence-electron chi connectivity index (χ2n) is 2.23. The topological polar surface area (TPSA) is 70.0 Å². The van der Waals surface area contributed by atoms with E-state index in [2.05, 4.69) is 0 Å². The minimum absolute atomic E-state index is 0.00694. The Morgan fingerprint density at radius 1 is 1.73 bits per heavy atom. The lowest BCUT2D eigenvalue weighted by atomic mass is 10.2. The molecule has 0 aliphatic heterocycles. The Kier molecular flexibility index (Phi) is 1.76. The Morgan fingerprint density at radius 3 is 2.73 bits per heavy atom. The van der Waals surface area contributed by atoms with Gasteiger partial charge in [0.2, 0.25) is 0 Å². The molecule has 0 atom stereocenters. The molecule has 0 fully saturated rings. The van der Waals surface area contributed by atoms with Gasteiger partial charge in [-0.15, -0.1) is 0 Å². The average Bonchev–Trinajstić information content (AvgIpc) is 1.85. The predicted octanol–water partition coefficient (Wildman–Crippen LogP) is -0.273. The summed E-state index contributed by atoms with van der Waals surface area (Å²) in [5.74, 6) is -0.696. The van der Waals surface area contributed by atoms with Crippen molar-refractivity contribution in [2.75, 3.05) is 0 Å². The highest BCUT2D eigenvalue weighted by Crippen LogP contribution is 1.98. The summed E-state index contributed by atoms with van der Waals surface area (Å²) in [4.78, 5) is 10.6. The van der Waals surface area contributed by atoms with Crippen LogP contribution < -0.4 is 10.5 Å². The van der Waals surface area contributed by atoms with Crippen LogP contribution in [0.25, 0.3) is 0 Å². The maximum Gasteiger partial charge on any atom is 0.315 e. The first-order valence-electron chi connectivity index (χ1n) is 3.11. The van der Waals surface area contributed by atoms with Gasteiger partial charge in [-0.3, -0.25) is 4.79 Å². The molecule has 4 nitrogen and oxygen atoms in total. The van der Waals surface area contributed by atoms with Crippen molar-refractivity contribution in [3.63, 3.8) is 0 Å². The number of primary amides is 1. The van der Waals surface area contributed by atoms with E-state index in [-0.39, 0.29) is 5.69 Å². The molecular weight excluding hydrogens is 144 g/mol. The monoisotopic (exact) mass is 152 g/mol. The van der Waals surface area contributed by atoms with Crippen molar-refractivity contribution in [1.82, 2.24) is 0 Å². The molecule has 1 aromatic heterocycles. The van der Waals surface area contributed by atoms with Crippen LogP contribution in [0.3, 0.4) is 0 Å². The Hall–Kier alpha value is -1.58. The molecule has 0 aromatic carbocycles. The zero-order valence-electron chi connectivity index (χ0n) is 6.07. The molecule has 1 amide bonds. The van der Waals surface area contributed by atoms with Gasteiger partial charge >= 0.3 is 5.91 Å². The summed E-state index contributed by atoms with van der Waals surface area (Å²) in [6, 6.07) is 3.23. The first-order chi connectivity index (χ1) is 5.13. The third kappa shape index (κ3) is 1.29. The van der Waals surface area contributed by atoms with Crippen LogP contribution in [0.4, 0.5) is 0 Å². The number of rotatable bonds is 1. The summed E-state index contributed by atoms with van der Waals surface area (Å²) in [5, 5.41) is 10.9. The largest absolute Gasteiger partial charge is 0.618 e. The first-order valence-corrected chi connectivity index (χ1v) is 3.11. The molecule has 58 valence electrons. The van der Waals surface area contributed by atoms with Gasteiger partial charge in [-0.2, -0.15) is 4.73 Å². The van der Waals surface area contributed by atoms with E-state index in [1.54, 1.807) is 19.1 Å². The van der Waals surface area contributed by atoms with Crippen LogP contribution in [-0.4, -0.2) is 5.91 Å². The van der Waals surface area contributed by atoms with Gasteiger partial charge in [0, 0.05) is 11.6 Å². The summed E-state index contributed by atoms with van der Waals surface area (Å²) in [5.41, 5.74) is 5.56. The van der Waals surface area contributed by atoms with Crippen LogP contribution in [0, 0.1) is 12.1 Å². The van der Waals surface area contributed by atoms with Crippen LogP contribution in [-0.2, 0) is 0 Å². The first kappa shape index (κ1) is 7.53. The number of aromatic nitrogens is 1. The number of nitrogens with zero attached hydrogens (tertiary/aromatic N) is 1. The van der Waals surface area contributed by atoms with Crippen LogP contribution in [0.2, 0.25) is 0 Å². The zero-order valence-corrected chi connectivity index (χ0v) is 6.07. The van der Waals surface area contributed by atoms with Crippen molar-refractivity contribution in [2.45, 2.75) is 6.92 Å². The molecule has 1 rings (SSSR count). The van der Waals surface area contributed by atoms with Gasteiger partial charge in [0.05, 0.1) is 0 Å². The number of carbonyl (C=O) groups excluding carboxylic acids is 1. The van der Waals surface area contributed by atoms with Gasteiger partial charge in [0.15, 0.2) is 6.20 Å². The SMILES string of the molecule is Cc1ccc[n+]([O-])c1C(N)=O. The highest BCUT2D eigenvalue weighted by Gasteiger charge is 2.14. The standard InChI is InChI=1S/C7H8N2O2/c1-5-3-2-4-9(11)6(5)7(8)10/h2-4H,1H3,(H2,8,10). The minimum atomic E-state index is -0.696. The van der Waals surface area contributed by atoms with Crippen LogP contribution in [0.1, 0.15) is 16.1 Å². The van der Waals surface area contributed by atoms with Gasteiger partial charge in [0.25, 0.3) is 5.69 Å². The van der Waals surface area contributed by atoms with E-state index >= 15 is 0 Å². The molecule has 0 spiro atoms. The molecule has 0 saturated carbocycles. The van der Waals surface area contributed by atoms with Gasteiger partial charge in [-0.05, 0) is 13.0 Å². The maximum atomic E-state index is 10.9. The third-order valence-electron chi connectivity index (χ3n) is 1.39. The normalized spacial score (nSPS) is 9.55. The fourth-order valence-electron chi connectivity index (χ4n) is 0.896. The van der Waals surface area contributed by atoms with Crippen LogP contribution in [0.15, 0.2) is 18.3 Å². The molecule has 11 heavy (non-hydrogen) atoms. The van der Waals surface area contributed by atoms with Gasteiger partial charge in [0.1, 0.15) is 0 Å². The molecule has 0 aliphatic rings. The van der Waals surface area contributed by atoms with E-state index in [0.717, 1.165) is 0 Å². The zero-order chi connectivity index (χ0) is 8.43. The van der Waals surface area contributed by atoms with E-state index in [0.29, 0.717) is 10.3 Å². The molecule has 1 heterocycles. The van der Waals surface area contributed by atoms with Crippen molar-refractivity contribution in [1.29, 1.82) is 0 Å². The van der Waals surface area contributed by atoms with E-state index in [1.165, 1.54) is 6.20 Å². The Balaban J connectivity index is 3.32. The maximum absolute atomic E-state index is 10.9. The second-order valence-corrected chi connectivity index (χ2v) is 2.23. The fraction of sp³-hybridized carbons (Fsp3) is 0.143. The third-order valence-corrected chi connectivity index (χ3v) is 1.39. The van der Waals surface area contributed by atoms with E-state index in [4.69, 9.17) is 5.73 Å². The van der Waals surface area contributed by atoms with Gasteiger partial charge < -0.3 is 10.9 Å². The van der Waals surface area contributed by atoms with Crippen LogP contribution in [0.5, 0.6) is 0 Å². The minimum Gasteiger partial charge on any atom is -0.618 e. The highest BCUT2D eigenvalue weighted by molar-refractivity contribution is 5.90. The summed E-state index contributed by atoms with van der Waals surface area (Å²) in [6.45, 7) is 1.66. The second kappa shape index (κ2) is 2.57. The number of pyridine rings is 1. The van der Waals surface area contributed by atoms with Crippen molar-refractivity contribution in [3.05, 3.63) is 34.8 Å². The predicted molar refractivity (Wildman–Crippen MR) is 38.7 cm³/mol. The summed E-state index contributed by atoms with van der Waals surface area (Å²) >= 11 is 0. The molecule has 4 heteroatoms. The van der Waals surface area contributed by atoms with Crippen molar-refractivity contribution in [2.24, 2.45) is 5.73 Å². The Morgan fingerprint density at radius 2 is 2.36 bits per heavy atom. The summed E-state index contributed by atoms with van der Waals surface area (Å²) in [7, 11) is 0. The van der Waals surface area contributed by atoms with Crippen LogP contribution >= 0.6 is 0 Å². The number of carbonyl (C=O) groups is 1. The van der Waals surface area contributed by atoms with E-state index in [1.807, 2.05) is 0 Å².